The monoisotopic (exact) mass is 553 g/mol. The average Bonchev–Trinajstić information content (AvgIpc) is 3.45. The first-order valence-electron chi connectivity index (χ1n) is 11.0. The van der Waals surface area contributed by atoms with Crippen molar-refractivity contribution in [2.24, 2.45) is 4.99 Å². The van der Waals surface area contributed by atoms with Crippen LogP contribution >= 0.6 is 34.5 Å². The fourth-order valence-electron chi connectivity index (χ4n) is 4.22. The molecule has 0 fully saturated rings. The summed E-state index contributed by atoms with van der Waals surface area (Å²) < 4.78 is 7.89. The number of halogens is 2. The summed E-state index contributed by atoms with van der Waals surface area (Å²) in [6, 6.07) is 13.7. The summed E-state index contributed by atoms with van der Waals surface area (Å²) >= 11 is 13.3. The number of thiazole rings is 1. The lowest BCUT2D eigenvalue weighted by molar-refractivity contribution is -0.384. The van der Waals surface area contributed by atoms with Crippen molar-refractivity contribution >= 4 is 52.1 Å². The number of benzene rings is 2. The van der Waals surface area contributed by atoms with E-state index in [0.29, 0.717) is 53.3 Å². The summed E-state index contributed by atoms with van der Waals surface area (Å²) in [6.45, 7) is 3.13. The van der Waals surface area contributed by atoms with Crippen molar-refractivity contribution in [3.05, 3.63) is 117 Å². The SMILES string of the molecule is CC(=O)C1=C(C)N=c2s/c(=C/c3cccc([N+](=O)[O-])c3)c(=O)n2[C@@H]1c1ccc(-c2ccc(Cl)c(Cl)c2)o1. The van der Waals surface area contributed by atoms with Crippen LogP contribution in [0, 0.1) is 10.1 Å². The van der Waals surface area contributed by atoms with Crippen LogP contribution in [0.5, 0.6) is 0 Å². The molecule has 186 valence electrons. The lowest BCUT2D eigenvalue weighted by Gasteiger charge is -2.22. The molecule has 0 radical (unpaired) electrons. The molecule has 1 aliphatic rings. The van der Waals surface area contributed by atoms with Crippen LogP contribution in [0.2, 0.25) is 10.0 Å². The van der Waals surface area contributed by atoms with E-state index < -0.39 is 11.0 Å². The van der Waals surface area contributed by atoms with Gasteiger partial charge >= 0.3 is 0 Å². The summed E-state index contributed by atoms with van der Waals surface area (Å²) in [5.74, 6) is 0.625. The van der Waals surface area contributed by atoms with Gasteiger partial charge in [-0.2, -0.15) is 0 Å². The first-order valence-corrected chi connectivity index (χ1v) is 12.5. The number of fused-ring (bicyclic) bond motifs is 1. The molecular formula is C26H17Cl2N3O5S. The first-order chi connectivity index (χ1) is 17.6. The fraction of sp³-hybridized carbons (Fsp3) is 0.115. The van der Waals surface area contributed by atoms with Crippen LogP contribution in [0.3, 0.4) is 0 Å². The van der Waals surface area contributed by atoms with E-state index in [4.69, 9.17) is 27.6 Å². The van der Waals surface area contributed by atoms with Crippen molar-refractivity contribution in [3.8, 4) is 11.3 Å². The van der Waals surface area contributed by atoms with Crippen molar-refractivity contribution in [1.82, 2.24) is 4.57 Å². The third-order valence-corrected chi connectivity index (χ3v) is 7.60. The number of allylic oxidation sites excluding steroid dienone is 2. The molecule has 0 amide bonds. The van der Waals surface area contributed by atoms with Crippen LogP contribution in [0.25, 0.3) is 17.4 Å². The second-order valence-corrected chi connectivity index (χ2v) is 10.1. The summed E-state index contributed by atoms with van der Waals surface area (Å²) in [7, 11) is 0. The number of rotatable bonds is 5. The largest absolute Gasteiger partial charge is 0.458 e. The average molecular weight is 554 g/mol. The van der Waals surface area contributed by atoms with Crippen LogP contribution < -0.4 is 14.9 Å². The number of Topliss-reactive ketones (excluding diaryl/α,β-unsaturated/α-hetero) is 1. The number of non-ortho nitro benzene ring substituents is 1. The molecule has 0 bridgehead atoms. The number of hydrogen-bond donors (Lipinski definition) is 0. The third-order valence-electron chi connectivity index (χ3n) is 5.88. The molecule has 11 heteroatoms. The quantitative estimate of drug-likeness (QED) is 0.246. The summed E-state index contributed by atoms with van der Waals surface area (Å²) in [6.07, 6.45) is 1.57. The Kier molecular flexibility index (Phi) is 6.45. The first kappa shape index (κ1) is 24.9. The highest BCUT2D eigenvalue weighted by molar-refractivity contribution is 7.07. The Balaban J connectivity index is 1.67. The van der Waals surface area contributed by atoms with Crippen molar-refractivity contribution in [2.75, 3.05) is 0 Å². The lowest BCUT2D eigenvalue weighted by Crippen LogP contribution is -2.39. The van der Waals surface area contributed by atoms with Gasteiger partial charge in [0.25, 0.3) is 11.2 Å². The molecule has 8 nitrogen and oxygen atoms in total. The smallest absolute Gasteiger partial charge is 0.271 e. The normalized spacial score (nSPS) is 15.5. The number of nitrogens with zero attached hydrogens (tertiary/aromatic N) is 3. The third kappa shape index (κ3) is 4.57. The predicted octanol–water partition coefficient (Wildman–Crippen LogP) is 5.30. The second-order valence-electron chi connectivity index (χ2n) is 8.32. The molecule has 37 heavy (non-hydrogen) atoms. The molecule has 0 spiro atoms. The molecule has 0 unspecified atom stereocenters. The molecule has 0 saturated heterocycles. The number of furan rings is 1. The van der Waals surface area contributed by atoms with Gasteiger partial charge in [-0.05, 0) is 55.8 Å². The van der Waals surface area contributed by atoms with Crippen LogP contribution in [-0.4, -0.2) is 15.3 Å². The van der Waals surface area contributed by atoms with E-state index in [2.05, 4.69) is 4.99 Å². The van der Waals surface area contributed by atoms with Crippen molar-refractivity contribution < 1.29 is 14.1 Å². The zero-order chi connectivity index (χ0) is 26.4. The number of nitro benzene ring substituents is 1. The molecule has 0 N–H and O–H groups in total. The van der Waals surface area contributed by atoms with Crippen molar-refractivity contribution in [3.63, 3.8) is 0 Å². The molecule has 4 aromatic rings. The highest BCUT2D eigenvalue weighted by Gasteiger charge is 2.33. The second kappa shape index (κ2) is 9.59. The Hall–Kier alpha value is -3.79. The number of carbonyl (C=O) groups excluding carboxylic acids is 1. The van der Waals surface area contributed by atoms with Gasteiger partial charge in [-0.3, -0.25) is 24.3 Å². The molecule has 3 heterocycles. The Bertz CT molecular complexity index is 1820. The van der Waals surface area contributed by atoms with Crippen LogP contribution in [0.1, 0.15) is 31.2 Å². The number of carbonyl (C=O) groups is 1. The highest BCUT2D eigenvalue weighted by Crippen LogP contribution is 2.35. The fourth-order valence-corrected chi connectivity index (χ4v) is 5.57. The minimum atomic E-state index is -0.836. The zero-order valence-corrected chi connectivity index (χ0v) is 21.7. The summed E-state index contributed by atoms with van der Waals surface area (Å²) in [5.41, 5.74) is 1.53. The number of hydrogen-bond acceptors (Lipinski definition) is 7. The van der Waals surface area contributed by atoms with Gasteiger partial charge in [-0.25, -0.2) is 4.99 Å². The molecular weight excluding hydrogens is 537 g/mol. The topological polar surface area (TPSA) is 108 Å². The van der Waals surface area contributed by atoms with E-state index in [9.17, 15) is 19.7 Å². The van der Waals surface area contributed by atoms with Gasteiger partial charge in [0.2, 0.25) is 0 Å². The van der Waals surface area contributed by atoms with E-state index in [0.717, 1.165) is 11.3 Å². The maximum atomic E-state index is 13.6. The van der Waals surface area contributed by atoms with E-state index in [-0.39, 0.29) is 17.0 Å². The molecule has 2 aromatic heterocycles. The van der Waals surface area contributed by atoms with E-state index in [1.807, 2.05) is 0 Å². The van der Waals surface area contributed by atoms with Gasteiger partial charge in [0, 0.05) is 29.0 Å². The maximum absolute atomic E-state index is 13.6. The van der Waals surface area contributed by atoms with E-state index >= 15 is 0 Å². The lowest BCUT2D eigenvalue weighted by atomic mass is 9.98. The minimum absolute atomic E-state index is 0.0838. The van der Waals surface area contributed by atoms with Gasteiger partial charge in [-0.1, -0.05) is 46.7 Å². The van der Waals surface area contributed by atoms with Crippen molar-refractivity contribution in [2.45, 2.75) is 19.9 Å². The van der Waals surface area contributed by atoms with Gasteiger partial charge in [0.1, 0.15) is 17.6 Å². The molecule has 2 aromatic carbocycles. The van der Waals surface area contributed by atoms with Gasteiger partial charge in [0.05, 0.1) is 19.5 Å². The summed E-state index contributed by atoms with van der Waals surface area (Å²) in [5, 5.41) is 11.9. The Morgan fingerprint density at radius 3 is 2.65 bits per heavy atom. The highest BCUT2D eigenvalue weighted by atomic mass is 35.5. The Morgan fingerprint density at radius 1 is 1.16 bits per heavy atom. The number of ketones is 1. The predicted molar refractivity (Wildman–Crippen MR) is 142 cm³/mol. The molecule has 1 atom stereocenters. The van der Waals surface area contributed by atoms with Gasteiger partial charge in [-0.15, -0.1) is 0 Å². The minimum Gasteiger partial charge on any atom is -0.458 e. The molecule has 0 saturated carbocycles. The molecule has 1 aliphatic heterocycles. The molecule has 0 aliphatic carbocycles. The van der Waals surface area contributed by atoms with Crippen LogP contribution in [0.15, 0.2) is 80.1 Å². The van der Waals surface area contributed by atoms with Crippen LogP contribution in [0.4, 0.5) is 5.69 Å². The number of nitro groups is 1. The Morgan fingerprint density at radius 2 is 1.95 bits per heavy atom. The van der Waals surface area contributed by atoms with Crippen molar-refractivity contribution in [1.29, 1.82) is 0 Å². The Labute approximate surface area is 223 Å². The molecule has 5 rings (SSSR count). The standard InChI is InChI=1S/C26H17Cl2N3O5S/c1-13-23(14(2)32)24(21-9-8-20(36-21)16-6-7-18(27)19(28)12-16)30-25(33)22(37-26(30)29-13)11-15-4-3-5-17(10-15)31(34)35/h3-12,24H,1-2H3/b22-11+/t24-/m1/s1. The zero-order valence-electron chi connectivity index (χ0n) is 19.4. The maximum Gasteiger partial charge on any atom is 0.271 e. The van der Waals surface area contributed by atoms with E-state index in [1.54, 1.807) is 55.5 Å². The summed E-state index contributed by atoms with van der Waals surface area (Å²) in [4.78, 5) is 41.9. The number of aromatic nitrogens is 1. The van der Waals surface area contributed by atoms with Gasteiger partial charge < -0.3 is 4.42 Å². The van der Waals surface area contributed by atoms with E-state index in [1.165, 1.54) is 23.6 Å². The van der Waals surface area contributed by atoms with Crippen LogP contribution in [-0.2, 0) is 4.79 Å². The van der Waals surface area contributed by atoms with Gasteiger partial charge in [0.15, 0.2) is 10.6 Å².